The number of hydrogen-bond acceptors (Lipinski definition) is 4. The third-order valence-electron chi connectivity index (χ3n) is 4.03. The van der Waals surface area contributed by atoms with Gasteiger partial charge in [0.05, 0.1) is 11.0 Å². The molecule has 0 unspecified atom stereocenters. The Morgan fingerprint density at radius 3 is 2.58 bits per heavy atom. The highest BCUT2D eigenvalue weighted by Gasteiger charge is 2.12. The minimum absolute atomic E-state index is 0.596. The van der Waals surface area contributed by atoms with Crippen LogP contribution in [0.5, 0.6) is 0 Å². The number of nitrogens with zero attached hydrogens (tertiary/aromatic N) is 4. The molecular formula is C18H17N5S. The van der Waals surface area contributed by atoms with Crippen LogP contribution in [0.15, 0.2) is 53.7 Å². The molecule has 0 spiro atoms. The molecule has 0 bridgehead atoms. The molecule has 0 aliphatic rings. The second-order valence-electron chi connectivity index (χ2n) is 5.79. The Bertz CT molecular complexity index is 951. The zero-order valence-corrected chi connectivity index (χ0v) is 14.2. The number of aromatic nitrogens is 5. The number of thiol groups is 1. The van der Waals surface area contributed by atoms with E-state index in [2.05, 4.69) is 64.0 Å². The number of rotatable bonds is 4. The molecule has 24 heavy (non-hydrogen) atoms. The monoisotopic (exact) mass is 335 g/mol. The van der Waals surface area contributed by atoms with Crippen LogP contribution in [0, 0.1) is 6.92 Å². The number of fused-ring (bicyclic) bond motifs is 1. The van der Waals surface area contributed by atoms with Crippen molar-refractivity contribution >= 4 is 23.7 Å². The van der Waals surface area contributed by atoms with Crippen molar-refractivity contribution in [3.63, 3.8) is 0 Å². The lowest BCUT2D eigenvalue weighted by atomic mass is 10.2. The lowest BCUT2D eigenvalue weighted by Gasteiger charge is -2.08. The van der Waals surface area contributed by atoms with Gasteiger partial charge in [-0.15, -0.1) is 22.8 Å². The molecule has 4 aromatic rings. The molecular weight excluding hydrogens is 318 g/mol. The number of para-hydroxylation sites is 2. The molecule has 0 aliphatic carbocycles. The second-order valence-corrected chi connectivity index (χ2v) is 6.19. The maximum absolute atomic E-state index is 4.62. The summed E-state index contributed by atoms with van der Waals surface area (Å²) in [6.07, 6.45) is 1.51. The average molecular weight is 335 g/mol. The fraction of sp³-hybridized carbons (Fsp3) is 0.167. The van der Waals surface area contributed by atoms with Gasteiger partial charge in [0.25, 0.3) is 0 Å². The van der Waals surface area contributed by atoms with E-state index in [0.29, 0.717) is 5.16 Å². The van der Waals surface area contributed by atoms with E-state index in [1.165, 1.54) is 5.56 Å². The molecule has 0 fully saturated rings. The van der Waals surface area contributed by atoms with Gasteiger partial charge >= 0.3 is 0 Å². The van der Waals surface area contributed by atoms with Gasteiger partial charge in [-0.2, -0.15) is 0 Å². The van der Waals surface area contributed by atoms with E-state index in [-0.39, 0.29) is 0 Å². The van der Waals surface area contributed by atoms with Crippen molar-refractivity contribution in [3.8, 4) is 5.69 Å². The van der Waals surface area contributed by atoms with Crippen molar-refractivity contribution in [2.45, 2.75) is 24.9 Å². The molecule has 0 saturated carbocycles. The molecule has 0 amide bonds. The highest BCUT2D eigenvalue weighted by atomic mass is 32.1. The third-order valence-corrected chi connectivity index (χ3v) is 4.32. The van der Waals surface area contributed by atoms with Crippen molar-refractivity contribution in [1.29, 1.82) is 0 Å². The quantitative estimate of drug-likeness (QED) is 0.561. The maximum atomic E-state index is 4.62. The molecule has 120 valence electrons. The molecule has 2 heterocycles. The number of hydrogen-bond donors (Lipinski definition) is 2. The van der Waals surface area contributed by atoms with Crippen molar-refractivity contribution < 1.29 is 0 Å². The van der Waals surface area contributed by atoms with E-state index in [9.17, 15) is 0 Å². The van der Waals surface area contributed by atoms with Crippen molar-refractivity contribution in [1.82, 2.24) is 24.7 Å². The van der Waals surface area contributed by atoms with Gasteiger partial charge in [0.15, 0.2) is 5.16 Å². The van der Waals surface area contributed by atoms with Crippen LogP contribution in [-0.2, 0) is 12.8 Å². The SMILES string of the molecule is Cc1ccc(-n2c(S)nnc2CCc2nc3ccccc3[nH]2)cc1. The third kappa shape index (κ3) is 2.80. The minimum atomic E-state index is 0.596. The Balaban J connectivity index is 1.60. The van der Waals surface area contributed by atoms with Gasteiger partial charge in [-0.1, -0.05) is 29.8 Å². The van der Waals surface area contributed by atoms with E-state index in [0.717, 1.165) is 41.2 Å². The van der Waals surface area contributed by atoms with E-state index >= 15 is 0 Å². The van der Waals surface area contributed by atoms with Gasteiger partial charge in [-0.25, -0.2) is 4.98 Å². The minimum Gasteiger partial charge on any atom is -0.342 e. The lowest BCUT2D eigenvalue weighted by molar-refractivity contribution is 0.779. The summed E-state index contributed by atoms with van der Waals surface area (Å²) in [4.78, 5) is 7.97. The molecule has 4 rings (SSSR count). The first kappa shape index (κ1) is 15.0. The summed E-state index contributed by atoms with van der Waals surface area (Å²) in [5, 5.41) is 8.99. The van der Waals surface area contributed by atoms with Crippen LogP contribution in [0.4, 0.5) is 0 Å². The van der Waals surface area contributed by atoms with Gasteiger partial charge in [-0.3, -0.25) is 4.57 Å². The highest BCUT2D eigenvalue weighted by molar-refractivity contribution is 7.80. The number of aryl methyl sites for hydroxylation is 3. The molecule has 2 aromatic heterocycles. The predicted molar refractivity (Wildman–Crippen MR) is 96.8 cm³/mol. The van der Waals surface area contributed by atoms with E-state index in [1.54, 1.807) is 0 Å². The van der Waals surface area contributed by atoms with Crippen LogP contribution >= 0.6 is 12.6 Å². The Hall–Kier alpha value is -2.60. The summed E-state index contributed by atoms with van der Waals surface area (Å²) in [6, 6.07) is 16.3. The van der Waals surface area contributed by atoms with Gasteiger partial charge in [0, 0.05) is 18.5 Å². The number of nitrogens with one attached hydrogen (secondary N) is 1. The van der Waals surface area contributed by atoms with Crippen molar-refractivity contribution in [2.75, 3.05) is 0 Å². The fourth-order valence-corrected chi connectivity index (χ4v) is 3.06. The molecule has 0 saturated heterocycles. The van der Waals surface area contributed by atoms with Crippen LogP contribution < -0.4 is 0 Å². The van der Waals surface area contributed by atoms with Crippen LogP contribution in [0.25, 0.3) is 16.7 Å². The summed E-state index contributed by atoms with van der Waals surface area (Å²) >= 11 is 4.44. The Morgan fingerprint density at radius 2 is 1.79 bits per heavy atom. The lowest BCUT2D eigenvalue weighted by Crippen LogP contribution is -2.04. The number of H-pyrrole nitrogens is 1. The smallest absolute Gasteiger partial charge is 0.192 e. The van der Waals surface area contributed by atoms with Crippen molar-refractivity contribution in [3.05, 3.63) is 65.7 Å². The average Bonchev–Trinajstić information content (AvgIpc) is 3.17. The molecule has 0 aliphatic heterocycles. The van der Waals surface area contributed by atoms with E-state index in [4.69, 9.17) is 0 Å². The van der Waals surface area contributed by atoms with E-state index in [1.807, 2.05) is 28.8 Å². The van der Waals surface area contributed by atoms with E-state index < -0.39 is 0 Å². The summed E-state index contributed by atoms with van der Waals surface area (Å²) in [7, 11) is 0. The first-order valence-electron chi connectivity index (χ1n) is 7.84. The number of benzene rings is 2. The van der Waals surface area contributed by atoms with Crippen molar-refractivity contribution in [2.24, 2.45) is 0 Å². The van der Waals surface area contributed by atoms with Gasteiger partial charge in [-0.05, 0) is 31.2 Å². The molecule has 2 aromatic carbocycles. The number of aromatic amines is 1. The highest BCUT2D eigenvalue weighted by Crippen LogP contribution is 2.18. The van der Waals surface area contributed by atoms with Gasteiger partial charge in [0.1, 0.15) is 11.6 Å². The Labute approximate surface area is 145 Å². The first-order valence-corrected chi connectivity index (χ1v) is 8.29. The van der Waals surface area contributed by atoms with Crippen LogP contribution in [0.2, 0.25) is 0 Å². The Morgan fingerprint density at radius 1 is 1.00 bits per heavy atom. The molecule has 5 nitrogen and oxygen atoms in total. The number of imidazole rings is 1. The topological polar surface area (TPSA) is 59.4 Å². The summed E-state index contributed by atoms with van der Waals surface area (Å²) in [5.74, 6) is 1.83. The standard InChI is InChI=1S/C18H17N5S/c1-12-6-8-13(9-7-12)23-17(21-22-18(23)24)11-10-16-19-14-4-2-3-5-15(14)20-16/h2-9H,10-11H2,1H3,(H,19,20)(H,22,24). The summed E-state index contributed by atoms with van der Waals surface area (Å²) in [5.41, 5.74) is 4.29. The second kappa shape index (κ2) is 6.13. The molecule has 0 radical (unpaired) electrons. The largest absolute Gasteiger partial charge is 0.342 e. The molecule has 6 heteroatoms. The predicted octanol–water partition coefficient (Wildman–Crippen LogP) is 3.53. The fourth-order valence-electron chi connectivity index (χ4n) is 2.78. The van der Waals surface area contributed by atoms with Crippen LogP contribution in [0.1, 0.15) is 17.2 Å². The van der Waals surface area contributed by atoms with Crippen LogP contribution in [-0.4, -0.2) is 24.7 Å². The first-order chi connectivity index (χ1) is 11.7. The molecule has 0 atom stereocenters. The maximum Gasteiger partial charge on any atom is 0.192 e. The van der Waals surface area contributed by atoms with Crippen LogP contribution in [0.3, 0.4) is 0 Å². The normalized spacial score (nSPS) is 11.2. The summed E-state index contributed by atoms with van der Waals surface area (Å²) in [6.45, 7) is 2.07. The van der Waals surface area contributed by atoms with Gasteiger partial charge in [0.2, 0.25) is 0 Å². The van der Waals surface area contributed by atoms with Gasteiger partial charge < -0.3 is 4.98 Å². The molecule has 1 N–H and O–H groups in total. The Kier molecular flexibility index (Phi) is 3.82. The summed E-state index contributed by atoms with van der Waals surface area (Å²) < 4.78 is 1.98. The zero-order valence-electron chi connectivity index (χ0n) is 13.3. The zero-order chi connectivity index (χ0) is 16.5.